The maximum atomic E-state index is 12.1. The standard InChI is InChI=1S/C24H22N4O4/c1-2-8-26-24(29)32-22-11-18(10-21(12-22)30-15-17-6-4-3-5-7-17)19-9-20(14-25-13-19)23-28-27-16-31-23/h3-7,9-14,16H,2,8,15H2,1H3,(H,26,29). The summed E-state index contributed by atoms with van der Waals surface area (Å²) in [5.41, 5.74) is 3.26. The van der Waals surface area contributed by atoms with Crippen LogP contribution in [0.25, 0.3) is 22.6 Å². The summed E-state index contributed by atoms with van der Waals surface area (Å²) in [6.45, 7) is 2.89. The van der Waals surface area contributed by atoms with Crippen LogP contribution < -0.4 is 14.8 Å². The van der Waals surface area contributed by atoms with Crippen LogP contribution in [0.2, 0.25) is 0 Å². The van der Waals surface area contributed by atoms with Crippen LogP contribution in [0.1, 0.15) is 18.9 Å². The molecule has 0 fully saturated rings. The van der Waals surface area contributed by atoms with Crippen LogP contribution in [-0.2, 0) is 6.61 Å². The van der Waals surface area contributed by atoms with Gasteiger partial charge in [0.25, 0.3) is 0 Å². The molecule has 0 aliphatic carbocycles. The molecular weight excluding hydrogens is 408 g/mol. The lowest BCUT2D eigenvalue weighted by atomic mass is 10.1. The van der Waals surface area contributed by atoms with E-state index in [1.54, 1.807) is 24.5 Å². The van der Waals surface area contributed by atoms with Gasteiger partial charge in [-0.15, -0.1) is 10.2 Å². The second-order valence-electron chi connectivity index (χ2n) is 6.99. The molecule has 2 aromatic heterocycles. The third-order valence-electron chi connectivity index (χ3n) is 4.54. The number of carbonyl (C=O) groups excluding carboxylic acids is 1. The highest BCUT2D eigenvalue weighted by molar-refractivity contribution is 5.74. The van der Waals surface area contributed by atoms with E-state index >= 15 is 0 Å². The van der Waals surface area contributed by atoms with E-state index in [2.05, 4.69) is 20.5 Å². The third kappa shape index (κ3) is 5.48. The number of pyridine rings is 1. The summed E-state index contributed by atoms with van der Waals surface area (Å²) in [4.78, 5) is 16.4. The van der Waals surface area contributed by atoms with E-state index in [0.717, 1.165) is 23.1 Å². The highest BCUT2D eigenvalue weighted by Crippen LogP contribution is 2.32. The van der Waals surface area contributed by atoms with E-state index < -0.39 is 6.09 Å². The molecular formula is C24H22N4O4. The van der Waals surface area contributed by atoms with Gasteiger partial charge in [-0.05, 0) is 35.7 Å². The van der Waals surface area contributed by atoms with Gasteiger partial charge in [0.05, 0.1) is 5.56 Å². The molecule has 0 saturated heterocycles. The molecule has 4 rings (SSSR count). The number of rotatable bonds is 8. The quantitative estimate of drug-likeness (QED) is 0.425. The minimum Gasteiger partial charge on any atom is -0.489 e. The fourth-order valence-corrected chi connectivity index (χ4v) is 3.01. The summed E-state index contributed by atoms with van der Waals surface area (Å²) in [6.07, 6.45) is 4.91. The topological polar surface area (TPSA) is 99.4 Å². The number of aromatic nitrogens is 3. The minimum atomic E-state index is -0.518. The van der Waals surface area contributed by atoms with Crippen molar-refractivity contribution in [2.75, 3.05) is 6.54 Å². The van der Waals surface area contributed by atoms with E-state index in [-0.39, 0.29) is 0 Å². The second-order valence-corrected chi connectivity index (χ2v) is 6.99. The molecule has 0 aliphatic heterocycles. The Kier molecular flexibility index (Phi) is 6.72. The number of ether oxygens (including phenoxy) is 2. The molecule has 162 valence electrons. The highest BCUT2D eigenvalue weighted by Gasteiger charge is 2.12. The van der Waals surface area contributed by atoms with Gasteiger partial charge in [-0.3, -0.25) is 4.98 Å². The molecule has 2 aromatic carbocycles. The molecule has 0 atom stereocenters. The van der Waals surface area contributed by atoms with Crippen molar-refractivity contribution in [2.24, 2.45) is 0 Å². The number of benzene rings is 2. The summed E-state index contributed by atoms with van der Waals surface area (Å²) in [6, 6.07) is 17.0. The third-order valence-corrected chi connectivity index (χ3v) is 4.54. The van der Waals surface area contributed by atoms with Crippen LogP contribution in [0.5, 0.6) is 11.5 Å². The van der Waals surface area contributed by atoms with Crippen molar-refractivity contribution in [3.63, 3.8) is 0 Å². The Balaban J connectivity index is 1.63. The van der Waals surface area contributed by atoms with Crippen LogP contribution in [-0.4, -0.2) is 27.8 Å². The van der Waals surface area contributed by atoms with Gasteiger partial charge in [0.1, 0.15) is 18.1 Å². The monoisotopic (exact) mass is 430 g/mol. The Hall–Kier alpha value is -4.20. The average molecular weight is 430 g/mol. The van der Waals surface area contributed by atoms with E-state index in [0.29, 0.717) is 36.1 Å². The Bertz CT molecular complexity index is 1160. The maximum absolute atomic E-state index is 12.1. The first kappa shape index (κ1) is 21.0. The van der Waals surface area contributed by atoms with E-state index in [1.165, 1.54) is 6.39 Å². The number of amides is 1. The Labute approximate surface area is 185 Å². The predicted molar refractivity (Wildman–Crippen MR) is 118 cm³/mol. The molecule has 0 aliphatic rings. The maximum Gasteiger partial charge on any atom is 0.412 e. The molecule has 8 heteroatoms. The molecule has 0 saturated carbocycles. The SMILES string of the molecule is CCCNC(=O)Oc1cc(OCc2ccccc2)cc(-c2cncc(-c3nnco3)c2)c1. The first-order valence-corrected chi connectivity index (χ1v) is 10.2. The summed E-state index contributed by atoms with van der Waals surface area (Å²) >= 11 is 0. The summed E-state index contributed by atoms with van der Waals surface area (Å²) in [5, 5.41) is 10.3. The zero-order chi connectivity index (χ0) is 22.2. The number of hydrogen-bond acceptors (Lipinski definition) is 7. The lowest BCUT2D eigenvalue weighted by Gasteiger charge is -2.12. The van der Waals surface area contributed by atoms with Crippen LogP contribution in [0, 0.1) is 0 Å². The molecule has 32 heavy (non-hydrogen) atoms. The van der Waals surface area contributed by atoms with Crippen molar-refractivity contribution >= 4 is 6.09 Å². The van der Waals surface area contributed by atoms with Crippen molar-refractivity contribution in [2.45, 2.75) is 20.0 Å². The molecule has 0 unspecified atom stereocenters. The fraction of sp³-hybridized carbons (Fsp3) is 0.167. The second kappa shape index (κ2) is 10.2. The van der Waals surface area contributed by atoms with Crippen molar-refractivity contribution in [3.8, 4) is 34.1 Å². The van der Waals surface area contributed by atoms with E-state index in [9.17, 15) is 4.79 Å². The van der Waals surface area contributed by atoms with Crippen LogP contribution in [0.4, 0.5) is 4.79 Å². The number of nitrogens with one attached hydrogen (secondary N) is 1. The first-order valence-electron chi connectivity index (χ1n) is 10.2. The Morgan fingerprint density at radius 2 is 1.81 bits per heavy atom. The fourth-order valence-electron chi connectivity index (χ4n) is 3.01. The van der Waals surface area contributed by atoms with Crippen molar-refractivity contribution in [1.29, 1.82) is 0 Å². The van der Waals surface area contributed by atoms with Gasteiger partial charge in [-0.25, -0.2) is 4.79 Å². The average Bonchev–Trinajstić information content (AvgIpc) is 3.37. The van der Waals surface area contributed by atoms with Crippen LogP contribution in [0.3, 0.4) is 0 Å². The van der Waals surface area contributed by atoms with E-state index in [1.807, 2.05) is 49.4 Å². The normalized spacial score (nSPS) is 10.5. The Morgan fingerprint density at radius 3 is 2.59 bits per heavy atom. The van der Waals surface area contributed by atoms with Crippen molar-refractivity contribution in [3.05, 3.63) is 78.9 Å². The summed E-state index contributed by atoms with van der Waals surface area (Å²) in [5.74, 6) is 1.29. The van der Waals surface area contributed by atoms with Crippen LogP contribution >= 0.6 is 0 Å². The molecule has 0 radical (unpaired) electrons. The highest BCUT2D eigenvalue weighted by atomic mass is 16.6. The lowest BCUT2D eigenvalue weighted by molar-refractivity contribution is 0.200. The van der Waals surface area contributed by atoms with Gasteiger partial charge >= 0.3 is 6.09 Å². The predicted octanol–water partition coefficient (Wildman–Crippen LogP) is 4.88. The van der Waals surface area contributed by atoms with Gasteiger partial charge in [0.15, 0.2) is 0 Å². The molecule has 1 N–H and O–H groups in total. The first-order chi connectivity index (χ1) is 15.7. The molecule has 0 bridgehead atoms. The zero-order valence-electron chi connectivity index (χ0n) is 17.5. The van der Waals surface area contributed by atoms with Gasteiger partial charge in [-0.2, -0.15) is 0 Å². The molecule has 0 spiro atoms. The molecule has 1 amide bonds. The van der Waals surface area contributed by atoms with Gasteiger partial charge < -0.3 is 19.2 Å². The summed E-state index contributed by atoms with van der Waals surface area (Å²) in [7, 11) is 0. The van der Waals surface area contributed by atoms with Gasteiger partial charge in [-0.1, -0.05) is 37.3 Å². The summed E-state index contributed by atoms with van der Waals surface area (Å²) < 4.78 is 16.7. The Morgan fingerprint density at radius 1 is 1.00 bits per heavy atom. The number of nitrogens with zero attached hydrogens (tertiary/aromatic N) is 3. The minimum absolute atomic E-state index is 0.363. The molecule has 2 heterocycles. The van der Waals surface area contributed by atoms with Crippen molar-refractivity contribution < 1.29 is 18.7 Å². The smallest absolute Gasteiger partial charge is 0.412 e. The largest absolute Gasteiger partial charge is 0.489 e. The molecule has 4 aromatic rings. The van der Waals surface area contributed by atoms with Crippen molar-refractivity contribution in [1.82, 2.24) is 20.5 Å². The van der Waals surface area contributed by atoms with E-state index in [4.69, 9.17) is 13.9 Å². The number of hydrogen-bond donors (Lipinski definition) is 1. The van der Waals surface area contributed by atoms with Gasteiger partial charge in [0.2, 0.25) is 12.3 Å². The van der Waals surface area contributed by atoms with Gasteiger partial charge in [0, 0.05) is 30.6 Å². The van der Waals surface area contributed by atoms with Crippen LogP contribution in [0.15, 0.2) is 77.8 Å². The molecule has 8 nitrogen and oxygen atoms in total. The zero-order valence-corrected chi connectivity index (χ0v) is 17.5. The number of carbonyl (C=O) groups is 1. The lowest BCUT2D eigenvalue weighted by Crippen LogP contribution is -2.27.